The molecule has 1 N–H and O–H groups in total. The summed E-state index contributed by atoms with van der Waals surface area (Å²) in [5.74, 6) is -1.94. The first-order chi connectivity index (χ1) is 8.99. The van der Waals surface area contributed by atoms with Crippen LogP contribution in [0, 0.1) is 0 Å². The Kier molecular flexibility index (Phi) is 4.11. The van der Waals surface area contributed by atoms with E-state index in [1.807, 2.05) is 0 Å². The molecular weight excluding hydrogens is 290 g/mol. The van der Waals surface area contributed by atoms with E-state index in [4.69, 9.17) is 16.7 Å². The molecule has 0 unspecified atom stereocenters. The third-order valence-corrected chi connectivity index (χ3v) is 4.00. The molecule has 0 saturated carbocycles. The summed E-state index contributed by atoms with van der Waals surface area (Å²) in [4.78, 5) is 35.5. The van der Waals surface area contributed by atoms with Crippen LogP contribution < -0.4 is 4.90 Å². The number of imide groups is 1. The molecule has 5 nitrogen and oxygen atoms in total. The van der Waals surface area contributed by atoms with Gasteiger partial charge in [0.25, 0.3) is 0 Å². The fourth-order valence-electron chi connectivity index (χ4n) is 1.79. The van der Waals surface area contributed by atoms with Crippen molar-refractivity contribution in [3.05, 3.63) is 29.3 Å². The van der Waals surface area contributed by atoms with Crippen molar-refractivity contribution in [1.82, 2.24) is 0 Å². The summed E-state index contributed by atoms with van der Waals surface area (Å²) >= 11 is 6.79. The number of rotatable bonds is 4. The number of carboxylic acid groups (broad SMARTS) is 1. The van der Waals surface area contributed by atoms with Gasteiger partial charge in [-0.25, -0.2) is 4.90 Å². The molecule has 1 atom stereocenters. The number of carbonyl (C=O) groups is 3. The van der Waals surface area contributed by atoms with Crippen molar-refractivity contribution >= 4 is 46.8 Å². The summed E-state index contributed by atoms with van der Waals surface area (Å²) in [6.07, 6.45) is 0.0172. The van der Waals surface area contributed by atoms with Crippen molar-refractivity contribution in [2.75, 3.05) is 10.7 Å². The Morgan fingerprint density at radius 2 is 2.21 bits per heavy atom. The minimum atomic E-state index is -1.01. The number of anilines is 1. The summed E-state index contributed by atoms with van der Waals surface area (Å²) in [7, 11) is 0. The quantitative estimate of drug-likeness (QED) is 0.858. The number of amides is 2. The molecule has 1 aromatic carbocycles. The van der Waals surface area contributed by atoms with Gasteiger partial charge in [0, 0.05) is 11.4 Å². The van der Waals surface area contributed by atoms with Crippen LogP contribution in [0.25, 0.3) is 0 Å². The van der Waals surface area contributed by atoms with E-state index < -0.39 is 17.1 Å². The molecular formula is C12H10ClNO4S. The maximum absolute atomic E-state index is 12.1. The van der Waals surface area contributed by atoms with Crippen LogP contribution in [-0.2, 0) is 14.4 Å². The van der Waals surface area contributed by atoms with Gasteiger partial charge in [-0.1, -0.05) is 17.7 Å². The molecule has 1 saturated heterocycles. The Morgan fingerprint density at radius 1 is 1.47 bits per heavy atom. The molecule has 19 heavy (non-hydrogen) atoms. The Balaban J connectivity index is 2.17. The van der Waals surface area contributed by atoms with E-state index in [0.29, 0.717) is 10.7 Å². The highest BCUT2D eigenvalue weighted by Crippen LogP contribution is 2.30. The zero-order valence-electron chi connectivity index (χ0n) is 9.71. The Labute approximate surface area is 118 Å². The van der Waals surface area contributed by atoms with Crippen LogP contribution in [0.4, 0.5) is 5.69 Å². The number of aliphatic carboxylic acids is 1. The fraction of sp³-hybridized carbons (Fsp3) is 0.250. The number of benzene rings is 1. The summed E-state index contributed by atoms with van der Waals surface area (Å²) in [5, 5.41) is 8.39. The van der Waals surface area contributed by atoms with Crippen molar-refractivity contribution in [2.45, 2.75) is 11.7 Å². The standard InChI is InChI=1S/C12H10ClNO4S/c13-7-2-1-3-8(4-7)14-10(15)5-9(12(14)18)19-6-11(16)17/h1-4,9H,5-6H2,(H,16,17)/t9-/m0/s1. The van der Waals surface area contributed by atoms with Crippen LogP contribution in [0.2, 0.25) is 5.02 Å². The monoisotopic (exact) mass is 299 g/mol. The van der Waals surface area contributed by atoms with Gasteiger partial charge < -0.3 is 5.11 Å². The summed E-state index contributed by atoms with van der Waals surface area (Å²) < 4.78 is 0. The molecule has 0 bridgehead atoms. The molecule has 2 amide bonds. The van der Waals surface area contributed by atoms with Crippen LogP contribution in [0.3, 0.4) is 0 Å². The molecule has 0 aromatic heterocycles. The molecule has 0 aliphatic carbocycles. The number of carboxylic acids is 1. The molecule has 1 aliphatic rings. The molecule has 0 spiro atoms. The minimum Gasteiger partial charge on any atom is -0.481 e. The van der Waals surface area contributed by atoms with Gasteiger partial charge in [-0.15, -0.1) is 11.8 Å². The zero-order valence-corrected chi connectivity index (χ0v) is 11.3. The van der Waals surface area contributed by atoms with Gasteiger partial charge in [-0.3, -0.25) is 14.4 Å². The average molecular weight is 300 g/mol. The van der Waals surface area contributed by atoms with E-state index in [9.17, 15) is 14.4 Å². The van der Waals surface area contributed by atoms with Crippen molar-refractivity contribution < 1.29 is 19.5 Å². The van der Waals surface area contributed by atoms with Crippen LogP contribution in [0.15, 0.2) is 24.3 Å². The molecule has 1 aromatic rings. The van der Waals surface area contributed by atoms with Gasteiger partial charge in [0.15, 0.2) is 0 Å². The third kappa shape index (κ3) is 3.08. The predicted molar refractivity (Wildman–Crippen MR) is 72.4 cm³/mol. The molecule has 7 heteroatoms. The first-order valence-electron chi connectivity index (χ1n) is 5.45. The van der Waals surface area contributed by atoms with Gasteiger partial charge >= 0.3 is 5.97 Å². The maximum atomic E-state index is 12.1. The normalized spacial score (nSPS) is 19.0. The van der Waals surface area contributed by atoms with E-state index >= 15 is 0 Å². The molecule has 2 rings (SSSR count). The van der Waals surface area contributed by atoms with E-state index in [-0.39, 0.29) is 18.1 Å². The average Bonchev–Trinajstić information content (AvgIpc) is 2.62. The summed E-state index contributed by atoms with van der Waals surface area (Å²) in [5.41, 5.74) is 0.418. The summed E-state index contributed by atoms with van der Waals surface area (Å²) in [6.45, 7) is 0. The van der Waals surface area contributed by atoms with Crippen LogP contribution >= 0.6 is 23.4 Å². The van der Waals surface area contributed by atoms with Crippen molar-refractivity contribution in [3.8, 4) is 0 Å². The second-order valence-electron chi connectivity index (χ2n) is 3.94. The van der Waals surface area contributed by atoms with Crippen molar-refractivity contribution in [1.29, 1.82) is 0 Å². The first kappa shape index (κ1) is 13.9. The maximum Gasteiger partial charge on any atom is 0.313 e. The van der Waals surface area contributed by atoms with Crippen molar-refractivity contribution in [3.63, 3.8) is 0 Å². The molecule has 100 valence electrons. The lowest BCUT2D eigenvalue weighted by Crippen LogP contribution is -2.31. The first-order valence-corrected chi connectivity index (χ1v) is 6.87. The van der Waals surface area contributed by atoms with Gasteiger partial charge in [0.1, 0.15) is 0 Å². The van der Waals surface area contributed by atoms with E-state index in [1.165, 1.54) is 6.07 Å². The highest BCUT2D eigenvalue weighted by Gasteiger charge is 2.40. The lowest BCUT2D eigenvalue weighted by atomic mass is 10.3. The van der Waals surface area contributed by atoms with E-state index in [1.54, 1.807) is 18.2 Å². The third-order valence-electron chi connectivity index (χ3n) is 2.58. The smallest absolute Gasteiger partial charge is 0.313 e. The SMILES string of the molecule is O=C(O)CS[C@H]1CC(=O)N(c2cccc(Cl)c2)C1=O. The zero-order chi connectivity index (χ0) is 14.0. The molecule has 1 fully saturated rings. The number of thioether (sulfide) groups is 1. The largest absolute Gasteiger partial charge is 0.481 e. The number of nitrogens with zero attached hydrogens (tertiary/aromatic N) is 1. The van der Waals surface area contributed by atoms with Crippen LogP contribution in [0.5, 0.6) is 0 Å². The van der Waals surface area contributed by atoms with Gasteiger partial charge in [-0.2, -0.15) is 0 Å². The number of hydrogen-bond donors (Lipinski definition) is 1. The van der Waals surface area contributed by atoms with Crippen LogP contribution in [-0.4, -0.2) is 33.9 Å². The highest BCUT2D eigenvalue weighted by atomic mass is 35.5. The Morgan fingerprint density at radius 3 is 2.84 bits per heavy atom. The number of halogens is 1. The van der Waals surface area contributed by atoms with E-state index in [2.05, 4.69) is 0 Å². The predicted octanol–water partition coefficient (Wildman–Crippen LogP) is 1.79. The van der Waals surface area contributed by atoms with Gasteiger partial charge in [0.2, 0.25) is 11.8 Å². The molecule has 1 aliphatic heterocycles. The minimum absolute atomic E-state index is 0.0172. The van der Waals surface area contributed by atoms with Gasteiger partial charge in [0.05, 0.1) is 16.7 Å². The lowest BCUT2D eigenvalue weighted by molar-refractivity contribution is -0.134. The Bertz CT molecular complexity index is 548. The Hall–Kier alpha value is -1.53. The summed E-state index contributed by atoms with van der Waals surface area (Å²) in [6, 6.07) is 6.44. The fourth-order valence-corrected chi connectivity index (χ4v) is 2.83. The second-order valence-corrected chi connectivity index (χ2v) is 5.57. The van der Waals surface area contributed by atoms with Crippen molar-refractivity contribution in [2.24, 2.45) is 0 Å². The lowest BCUT2D eigenvalue weighted by Gasteiger charge is -2.14. The number of hydrogen-bond acceptors (Lipinski definition) is 4. The molecule has 1 heterocycles. The number of carbonyl (C=O) groups excluding carboxylic acids is 2. The topological polar surface area (TPSA) is 74.7 Å². The molecule has 0 radical (unpaired) electrons. The van der Waals surface area contributed by atoms with Crippen LogP contribution in [0.1, 0.15) is 6.42 Å². The second kappa shape index (κ2) is 5.63. The highest BCUT2D eigenvalue weighted by molar-refractivity contribution is 8.01. The van der Waals surface area contributed by atoms with E-state index in [0.717, 1.165) is 16.7 Å². The van der Waals surface area contributed by atoms with Gasteiger partial charge in [-0.05, 0) is 18.2 Å².